The molecular formula is C9H18N6O3. The third-order valence-electron chi connectivity index (χ3n) is 1.87. The summed E-state index contributed by atoms with van der Waals surface area (Å²) in [5, 5.41) is 2.84. The van der Waals surface area contributed by atoms with Crippen LogP contribution in [0, 0.1) is 0 Å². The number of methoxy groups -OCH3 is 3. The highest BCUT2D eigenvalue weighted by molar-refractivity contribution is 5.41. The van der Waals surface area contributed by atoms with Gasteiger partial charge in [-0.05, 0) is 0 Å². The number of nitrogens with one attached hydrogen (secondary N) is 1. The minimum absolute atomic E-state index is 0.107. The quantitative estimate of drug-likeness (QED) is 0.595. The van der Waals surface area contributed by atoms with Crippen LogP contribution in [0.3, 0.4) is 0 Å². The zero-order valence-corrected chi connectivity index (χ0v) is 10.7. The van der Waals surface area contributed by atoms with E-state index >= 15 is 0 Å². The normalized spacial score (nSPS) is 10.4. The molecule has 9 heteroatoms. The number of nitrogen functional groups attached to an aromatic ring is 1. The maximum absolute atomic E-state index is 5.61. The van der Waals surface area contributed by atoms with E-state index in [1.165, 1.54) is 0 Å². The molecule has 1 rings (SSSR count). The fourth-order valence-corrected chi connectivity index (χ4v) is 1.20. The minimum atomic E-state index is 0.107. The molecule has 0 aliphatic carbocycles. The first-order chi connectivity index (χ1) is 8.71. The molecule has 0 aliphatic rings. The van der Waals surface area contributed by atoms with Gasteiger partial charge in [0, 0.05) is 21.3 Å². The molecule has 3 N–H and O–H groups in total. The van der Waals surface area contributed by atoms with Crippen molar-refractivity contribution >= 4 is 17.8 Å². The Morgan fingerprint density at radius 1 is 1.06 bits per heavy atom. The highest BCUT2D eigenvalue weighted by atomic mass is 16.5. The van der Waals surface area contributed by atoms with Gasteiger partial charge < -0.3 is 25.3 Å². The SMILES string of the molecule is COCNc1nc(N)nc(N(COC)COC)n1. The summed E-state index contributed by atoms with van der Waals surface area (Å²) >= 11 is 0. The largest absolute Gasteiger partial charge is 0.368 e. The Bertz CT molecular complexity index is 358. The lowest BCUT2D eigenvalue weighted by Crippen LogP contribution is -2.30. The Labute approximate surface area is 105 Å². The highest BCUT2D eigenvalue weighted by Gasteiger charge is 2.12. The second-order valence-corrected chi connectivity index (χ2v) is 3.30. The Balaban J connectivity index is 2.87. The molecule has 0 fully saturated rings. The van der Waals surface area contributed by atoms with E-state index in [0.717, 1.165) is 0 Å². The molecule has 1 aromatic heterocycles. The topological polar surface area (TPSA) is 108 Å². The second-order valence-electron chi connectivity index (χ2n) is 3.30. The Morgan fingerprint density at radius 2 is 1.72 bits per heavy atom. The van der Waals surface area contributed by atoms with E-state index in [2.05, 4.69) is 20.3 Å². The van der Waals surface area contributed by atoms with Gasteiger partial charge in [-0.1, -0.05) is 0 Å². The zero-order chi connectivity index (χ0) is 13.4. The van der Waals surface area contributed by atoms with E-state index in [0.29, 0.717) is 11.9 Å². The third-order valence-corrected chi connectivity index (χ3v) is 1.87. The maximum atomic E-state index is 5.61. The van der Waals surface area contributed by atoms with Gasteiger partial charge in [0.15, 0.2) is 0 Å². The Hall–Kier alpha value is -1.71. The van der Waals surface area contributed by atoms with Gasteiger partial charge in [0.25, 0.3) is 0 Å². The number of anilines is 3. The van der Waals surface area contributed by atoms with Crippen LogP contribution in [0.2, 0.25) is 0 Å². The van der Waals surface area contributed by atoms with Crippen molar-refractivity contribution in [2.24, 2.45) is 0 Å². The molecule has 9 nitrogen and oxygen atoms in total. The van der Waals surface area contributed by atoms with Crippen LogP contribution in [0.5, 0.6) is 0 Å². The van der Waals surface area contributed by atoms with E-state index in [9.17, 15) is 0 Å². The first-order valence-electron chi connectivity index (χ1n) is 5.18. The smallest absolute Gasteiger partial charge is 0.235 e. The van der Waals surface area contributed by atoms with Crippen molar-refractivity contribution in [2.75, 3.05) is 57.5 Å². The number of nitrogens with two attached hydrogens (primary N) is 1. The molecule has 0 unspecified atom stereocenters. The van der Waals surface area contributed by atoms with Crippen LogP contribution in [0.1, 0.15) is 0 Å². The predicted molar refractivity (Wildman–Crippen MR) is 66.0 cm³/mol. The average Bonchev–Trinajstić information content (AvgIpc) is 2.35. The van der Waals surface area contributed by atoms with Gasteiger partial charge in [0.1, 0.15) is 20.2 Å². The number of hydrogen-bond acceptors (Lipinski definition) is 9. The van der Waals surface area contributed by atoms with Crippen molar-refractivity contribution in [3.8, 4) is 0 Å². The Morgan fingerprint density at radius 3 is 2.28 bits per heavy atom. The average molecular weight is 258 g/mol. The molecule has 0 saturated carbocycles. The number of rotatable bonds is 8. The summed E-state index contributed by atoms with van der Waals surface area (Å²) in [7, 11) is 4.69. The Kier molecular flexibility index (Phi) is 6.05. The van der Waals surface area contributed by atoms with Crippen molar-refractivity contribution in [2.45, 2.75) is 0 Å². The maximum Gasteiger partial charge on any atom is 0.235 e. The summed E-state index contributed by atoms with van der Waals surface area (Å²) in [6, 6.07) is 0. The van der Waals surface area contributed by atoms with Crippen LogP contribution < -0.4 is 16.0 Å². The van der Waals surface area contributed by atoms with Crippen LogP contribution in [0.25, 0.3) is 0 Å². The van der Waals surface area contributed by atoms with Gasteiger partial charge in [-0.2, -0.15) is 15.0 Å². The van der Waals surface area contributed by atoms with Crippen molar-refractivity contribution in [3.05, 3.63) is 0 Å². The summed E-state index contributed by atoms with van der Waals surface area (Å²) in [4.78, 5) is 13.8. The van der Waals surface area contributed by atoms with Crippen LogP contribution in [-0.2, 0) is 14.2 Å². The summed E-state index contributed by atoms with van der Waals surface area (Å²) in [6.45, 7) is 0.833. The minimum Gasteiger partial charge on any atom is -0.368 e. The van der Waals surface area contributed by atoms with Crippen molar-refractivity contribution in [3.63, 3.8) is 0 Å². The van der Waals surface area contributed by atoms with Gasteiger partial charge in [-0.25, -0.2) is 0 Å². The predicted octanol–water partition coefficient (Wildman–Crippen LogP) is -0.516. The molecule has 18 heavy (non-hydrogen) atoms. The highest BCUT2D eigenvalue weighted by Crippen LogP contribution is 2.11. The lowest BCUT2D eigenvalue weighted by Gasteiger charge is -2.20. The van der Waals surface area contributed by atoms with E-state index < -0.39 is 0 Å². The summed E-state index contributed by atoms with van der Waals surface area (Å²) in [6.07, 6.45) is 0. The second kappa shape index (κ2) is 7.58. The van der Waals surface area contributed by atoms with Crippen LogP contribution in [0.4, 0.5) is 17.8 Å². The monoisotopic (exact) mass is 258 g/mol. The molecule has 102 valence electrons. The fraction of sp³-hybridized carbons (Fsp3) is 0.667. The molecule has 0 saturated heterocycles. The van der Waals surface area contributed by atoms with Crippen LogP contribution in [-0.4, -0.2) is 56.5 Å². The lowest BCUT2D eigenvalue weighted by atomic mass is 10.7. The van der Waals surface area contributed by atoms with Crippen LogP contribution >= 0.6 is 0 Å². The molecule has 0 aliphatic heterocycles. The van der Waals surface area contributed by atoms with Gasteiger partial charge in [-0.3, -0.25) is 4.90 Å². The first-order valence-corrected chi connectivity index (χ1v) is 5.18. The molecule has 0 atom stereocenters. The van der Waals surface area contributed by atoms with E-state index in [-0.39, 0.29) is 26.1 Å². The summed E-state index contributed by atoms with van der Waals surface area (Å²) < 4.78 is 14.9. The van der Waals surface area contributed by atoms with Crippen LogP contribution in [0.15, 0.2) is 0 Å². The number of ether oxygens (including phenoxy) is 3. The van der Waals surface area contributed by atoms with Gasteiger partial charge in [-0.15, -0.1) is 0 Å². The molecule has 0 spiro atoms. The van der Waals surface area contributed by atoms with Crippen molar-refractivity contribution < 1.29 is 14.2 Å². The van der Waals surface area contributed by atoms with Gasteiger partial charge in [0.05, 0.1) is 0 Å². The molecule has 0 radical (unpaired) electrons. The molecule has 1 aromatic rings. The van der Waals surface area contributed by atoms with Gasteiger partial charge in [0.2, 0.25) is 17.8 Å². The van der Waals surface area contributed by atoms with E-state index in [1.807, 2.05) is 0 Å². The summed E-state index contributed by atoms with van der Waals surface area (Å²) in [5.74, 6) is 0.803. The van der Waals surface area contributed by atoms with E-state index in [4.69, 9.17) is 19.9 Å². The zero-order valence-electron chi connectivity index (χ0n) is 10.7. The van der Waals surface area contributed by atoms with Crippen molar-refractivity contribution in [1.82, 2.24) is 15.0 Å². The summed E-state index contributed by atoms with van der Waals surface area (Å²) in [5.41, 5.74) is 5.61. The molecule has 0 bridgehead atoms. The fourth-order valence-electron chi connectivity index (χ4n) is 1.20. The molecule has 0 amide bonds. The molecular weight excluding hydrogens is 240 g/mol. The lowest BCUT2D eigenvalue weighted by molar-refractivity contribution is 0.139. The molecule has 1 heterocycles. The molecule has 0 aromatic carbocycles. The number of nitrogens with zero attached hydrogens (tertiary/aromatic N) is 4. The number of hydrogen-bond donors (Lipinski definition) is 2. The van der Waals surface area contributed by atoms with E-state index in [1.54, 1.807) is 26.2 Å². The first kappa shape index (κ1) is 14.4. The number of aromatic nitrogens is 3. The van der Waals surface area contributed by atoms with Crippen molar-refractivity contribution in [1.29, 1.82) is 0 Å². The standard InChI is InChI=1S/C9H18N6O3/c1-16-4-11-8-12-7(10)13-9(14-8)15(5-17-2)6-18-3/h4-6H2,1-3H3,(H3,10,11,12,13,14). The van der Waals surface area contributed by atoms with Gasteiger partial charge >= 0.3 is 0 Å². The third kappa shape index (κ3) is 4.28.